The fourth-order valence-electron chi connectivity index (χ4n) is 2.52. The van der Waals surface area contributed by atoms with Gasteiger partial charge >= 0.3 is 18.7 Å². The van der Waals surface area contributed by atoms with Gasteiger partial charge in [-0.25, -0.2) is 9.59 Å². The van der Waals surface area contributed by atoms with Crippen LogP contribution in [0.25, 0.3) is 0 Å². The van der Waals surface area contributed by atoms with Crippen LogP contribution in [0.4, 0.5) is 13.6 Å². The van der Waals surface area contributed by atoms with E-state index in [-0.39, 0.29) is 23.8 Å². The Balaban J connectivity index is 1.85. The van der Waals surface area contributed by atoms with Gasteiger partial charge in [-0.05, 0) is 35.7 Å². The number of carbonyl (C=O) groups excluding carboxylic acids is 3. The number of carbonyl (C=O) groups is 3. The van der Waals surface area contributed by atoms with Crippen molar-refractivity contribution in [3.05, 3.63) is 65.7 Å². The molecule has 1 atom stereocenters. The highest BCUT2D eigenvalue weighted by molar-refractivity contribution is 5.98. The van der Waals surface area contributed by atoms with Crippen molar-refractivity contribution >= 4 is 17.8 Å². The largest absolute Gasteiger partial charge is 0.456 e. The Hall–Kier alpha value is -3.49. The zero-order valence-electron chi connectivity index (χ0n) is 17.0. The van der Waals surface area contributed by atoms with Gasteiger partial charge in [0.05, 0.1) is 0 Å². The van der Waals surface area contributed by atoms with Gasteiger partial charge in [0.15, 0.2) is 12.4 Å². The number of nitrogens with one attached hydrogen (secondary N) is 1. The Kier molecular flexibility index (Phi) is 8.93. The van der Waals surface area contributed by atoms with Crippen LogP contribution in [0.15, 0.2) is 54.6 Å². The van der Waals surface area contributed by atoms with E-state index in [0.29, 0.717) is 0 Å². The number of ether oxygens (including phenoxy) is 3. The van der Waals surface area contributed by atoms with Gasteiger partial charge in [-0.2, -0.15) is 8.78 Å². The Morgan fingerprint density at radius 3 is 2.16 bits per heavy atom. The molecule has 0 heterocycles. The summed E-state index contributed by atoms with van der Waals surface area (Å²) in [7, 11) is 0. The van der Waals surface area contributed by atoms with Crippen LogP contribution in [0.1, 0.15) is 29.8 Å². The first-order valence-electron chi connectivity index (χ1n) is 9.48. The second-order valence-corrected chi connectivity index (χ2v) is 6.86. The van der Waals surface area contributed by atoms with Crippen LogP contribution in [-0.2, 0) is 20.9 Å². The number of alkyl halides is 2. The van der Waals surface area contributed by atoms with E-state index in [9.17, 15) is 23.2 Å². The molecule has 0 aliphatic carbocycles. The van der Waals surface area contributed by atoms with E-state index in [1.54, 1.807) is 38.1 Å². The SMILES string of the molecule is CC(C)C(NC(=O)OCc1ccccc1)C(=O)OCC(=O)c1ccc(OC(F)F)cc1. The number of esters is 1. The molecule has 0 spiro atoms. The van der Waals surface area contributed by atoms with E-state index in [4.69, 9.17) is 9.47 Å². The number of ketones is 1. The molecule has 31 heavy (non-hydrogen) atoms. The standard InChI is InChI=1S/C22H23F2NO6/c1-14(2)19(25-22(28)30-12-15-6-4-3-5-7-15)20(27)29-13-18(26)16-8-10-17(11-9-16)31-21(23)24/h3-11,14,19,21H,12-13H2,1-2H3,(H,25,28). The smallest absolute Gasteiger partial charge is 0.408 e. The number of benzene rings is 2. The third kappa shape index (κ3) is 8.04. The number of amides is 1. The van der Waals surface area contributed by atoms with E-state index in [0.717, 1.165) is 5.56 Å². The van der Waals surface area contributed by atoms with Gasteiger partial charge in [0.2, 0.25) is 0 Å². The average molecular weight is 435 g/mol. The maximum Gasteiger partial charge on any atom is 0.408 e. The number of alkyl carbamates (subject to hydrolysis) is 1. The van der Waals surface area contributed by atoms with Gasteiger partial charge in [0, 0.05) is 5.56 Å². The Labute approximate surface area is 178 Å². The summed E-state index contributed by atoms with van der Waals surface area (Å²) < 4.78 is 38.7. The normalized spacial score (nSPS) is 11.7. The summed E-state index contributed by atoms with van der Waals surface area (Å²) in [5, 5.41) is 2.44. The summed E-state index contributed by atoms with van der Waals surface area (Å²) in [4.78, 5) is 36.6. The maximum atomic E-state index is 12.4. The van der Waals surface area contributed by atoms with E-state index >= 15 is 0 Å². The van der Waals surface area contributed by atoms with Crippen LogP contribution >= 0.6 is 0 Å². The van der Waals surface area contributed by atoms with E-state index < -0.39 is 37.1 Å². The van der Waals surface area contributed by atoms with Crippen LogP contribution in [-0.4, -0.2) is 37.1 Å². The number of halogens is 2. The highest BCUT2D eigenvalue weighted by Gasteiger charge is 2.27. The van der Waals surface area contributed by atoms with Gasteiger partial charge in [0.1, 0.15) is 18.4 Å². The lowest BCUT2D eigenvalue weighted by Gasteiger charge is -2.20. The second kappa shape index (κ2) is 11.6. The first-order valence-corrected chi connectivity index (χ1v) is 9.48. The molecule has 0 aromatic heterocycles. The second-order valence-electron chi connectivity index (χ2n) is 6.86. The predicted octanol–water partition coefficient (Wildman–Crippen LogP) is 3.96. The quantitative estimate of drug-likeness (QED) is 0.449. The summed E-state index contributed by atoms with van der Waals surface area (Å²) in [5.41, 5.74) is 0.947. The molecule has 0 aliphatic heterocycles. The fraction of sp³-hybridized carbons (Fsp3) is 0.318. The van der Waals surface area contributed by atoms with Crippen molar-refractivity contribution in [3.63, 3.8) is 0 Å². The molecule has 1 amide bonds. The maximum absolute atomic E-state index is 12.4. The van der Waals surface area contributed by atoms with Gasteiger partial charge in [-0.3, -0.25) is 4.79 Å². The number of Topliss-reactive ketones (excluding diaryl/α,β-unsaturated/α-hetero) is 1. The third-order valence-corrected chi connectivity index (χ3v) is 4.15. The van der Waals surface area contributed by atoms with E-state index in [1.807, 2.05) is 6.07 Å². The topological polar surface area (TPSA) is 90.9 Å². The first kappa shape index (κ1) is 23.8. The molecule has 1 unspecified atom stereocenters. The molecular weight excluding hydrogens is 412 g/mol. The minimum atomic E-state index is -2.97. The van der Waals surface area contributed by atoms with Crippen molar-refractivity contribution in [3.8, 4) is 5.75 Å². The van der Waals surface area contributed by atoms with Crippen molar-refractivity contribution in [2.24, 2.45) is 5.92 Å². The summed E-state index contributed by atoms with van der Waals surface area (Å²) in [6, 6.07) is 13.0. The first-order chi connectivity index (χ1) is 14.8. The summed E-state index contributed by atoms with van der Waals surface area (Å²) >= 11 is 0. The summed E-state index contributed by atoms with van der Waals surface area (Å²) in [5.74, 6) is -1.75. The molecular formula is C22H23F2NO6. The lowest BCUT2D eigenvalue weighted by molar-refractivity contribution is -0.146. The van der Waals surface area contributed by atoms with Crippen molar-refractivity contribution in [2.45, 2.75) is 33.1 Å². The molecule has 2 rings (SSSR count). The monoisotopic (exact) mass is 435 g/mol. The van der Waals surface area contributed by atoms with Gasteiger partial charge in [0.25, 0.3) is 0 Å². The molecule has 2 aromatic rings. The molecule has 0 saturated heterocycles. The van der Waals surface area contributed by atoms with Crippen LogP contribution in [0.2, 0.25) is 0 Å². The van der Waals surface area contributed by atoms with Crippen molar-refractivity contribution in [1.29, 1.82) is 0 Å². The van der Waals surface area contributed by atoms with Crippen molar-refractivity contribution < 1.29 is 37.4 Å². The van der Waals surface area contributed by atoms with Crippen molar-refractivity contribution in [2.75, 3.05) is 6.61 Å². The molecule has 0 radical (unpaired) electrons. The minimum Gasteiger partial charge on any atom is -0.456 e. The fourth-order valence-corrected chi connectivity index (χ4v) is 2.52. The lowest BCUT2D eigenvalue weighted by Crippen LogP contribution is -2.45. The van der Waals surface area contributed by atoms with E-state index in [2.05, 4.69) is 10.1 Å². The number of hydrogen-bond donors (Lipinski definition) is 1. The number of rotatable bonds is 10. The summed E-state index contributed by atoms with van der Waals surface area (Å²) in [6.45, 7) is -0.101. The average Bonchev–Trinajstić information content (AvgIpc) is 2.74. The minimum absolute atomic E-state index is 0.0380. The molecule has 0 fully saturated rings. The van der Waals surface area contributed by atoms with Gasteiger partial charge in [-0.15, -0.1) is 0 Å². The molecule has 166 valence electrons. The van der Waals surface area contributed by atoms with Crippen LogP contribution in [0, 0.1) is 5.92 Å². The molecule has 2 aromatic carbocycles. The van der Waals surface area contributed by atoms with Crippen LogP contribution in [0.3, 0.4) is 0 Å². The summed E-state index contributed by atoms with van der Waals surface area (Å²) in [6.07, 6.45) is -0.791. The van der Waals surface area contributed by atoms with Gasteiger partial charge < -0.3 is 19.5 Å². The Morgan fingerprint density at radius 2 is 1.58 bits per heavy atom. The van der Waals surface area contributed by atoms with E-state index in [1.165, 1.54) is 24.3 Å². The molecule has 9 heteroatoms. The molecule has 0 aliphatic rings. The zero-order valence-corrected chi connectivity index (χ0v) is 17.0. The lowest BCUT2D eigenvalue weighted by atomic mass is 10.1. The van der Waals surface area contributed by atoms with Gasteiger partial charge in [-0.1, -0.05) is 44.2 Å². The molecule has 7 nitrogen and oxygen atoms in total. The predicted molar refractivity (Wildman–Crippen MR) is 107 cm³/mol. The molecule has 1 N–H and O–H groups in total. The Bertz CT molecular complexity index is 871. The zero-order chi connectivity index (χ0) is 22.8. The third-order valence-electron chi connectivity index (χ3n) is 4.15. The Morgan fingerprint density at radius 1 is 0.935 bits per heavy atom. The van der Waals surface area contributed by atoms with Crippen LogP contribution < -0.4 is 10.1 Å². The van der Waals surface area contributed by atoms with Crippen LogP contribution in [0.5, 0.6) is 5.75 Å². The van der Waals surface area contributed by atoms with Crippen molar-refractivity contribution in [1.82, 2.24) is 5.32 Å². The number of hydrogen-bond acceptors (Lipinski definition) is 6. The highest BCUT2D eigenvalue weighted by atomic mass is 19.3. The molecule has 0 saturated carbocycles. The molecule has 0 bridgehead atoms. The highest BCUT2D eigenvalue weighted by Crippen LogP contribution is 2.15.